The van der Waals surface area contributed by atoms with Crippen molar-refractivity contribution in [3.8, 4) is 0 Å². The second kappa shape index (κ2) is 6.36. The largest absolute Gasteiger partial charge is 0.312 e. The van der Waals surface area contributed by atoms with Crippen LogP contribution in [-0.2, 0) is 25.8 Å². The molecule has 1 heterocycles. The molecule has 0 amide bonds. The van der Waals surface area contributed by atoms with Gasteiger partial charge < -0.3 is 5.32 Å². The summed E-state index contributed by atoms with van der Waals surface area (Å²) in [6.45, 7) is 2.06. The quantitative estimate of drug-likeness (QED) is 0.812. The molecule has 0 bridgehead atoms. The molecule has 2 heteroatoms. The van der Waals surface area contributed by atoms with Crippen LogP contribution in [0.25, 0.3) is 0 Å². The Morgan fingerprint density at radius 3 is 2.79 bits per heavy atom. The maximum atomic E-state index is 3.55. The summed E-state index contributed by atoms with van der Waals surface area (Å²) in [6, 6.07) is 10.6. The van der Waals surface area contributed by atoms with E-state index in [0.717, 1.165) is 13.1 Å². The van der Waals surface area contributed by atoms with E-state index < -0.39 is 0 Å². The molecule has 0 aliphatic heterocycles. The maximum absolute atomic E-state index is 3.55. The van der Waals surface area contributed by atoms with Gasteiger partial charge in [-0.15, -0.1) is 11.3 Å². The van der Waals surface area contributed by atoms with Crippen molar-refractivity contribution in [2.75, 3.05) is 6.54 Å². The Hall–Kier alpha value is -1.12. The maximum Gasteiger partial charge on any atom is 0.0205 e. The minimum absolute atomic E-state index is 0.979. The Bertz CT molecular complexity index is 515. The summed E-state index contributed by atoms with van der Waals surface area (Å²) in [6.07, 6.45) is 6.58. The SMILES string of the molecule is c1ccc(CNCCc2csc3c2CCCC3)cc1. The van der Waals surface area contributed by atoms with Crippen LogP contribution in [0.2, 0.25) is 0 Å². The van der Waals surface area contributed by atoms with Gasteiger partial charge in [-0.25, -0.2) is 0 Å². The fraction of sp³-hybridized carbons (Fsp3) is 0.412. The summed E-state index contributed by atoms with van der Waals surface area (Å²) < 4.78 is 0. The smallest absolute Gasteiger partial charge is 0.0205 e. The number of rotatable bonds is 5. The Balaban J connectivity index is 1.49. The number of aryl methyl sites for hydroxylation is 1. The zero-order valence-electron chi connectivity index (χ0n) is 11.3. The molecule has 1 aliphatic carbocycles. The van der Waals surface area contributed by atoms with E-state index in [4.69, 9.17) is 0 Å². The highest BCUT2D eigenvalue weighted by Crippen LogP contribution is 2.30. The van der Waals surface area contributed by atoms with Crippen LogP contribution >= 0.6 is 11.3 Å². The molecule has 1 N–H and O–H groups in total. The molecule has 100 valence electrons. The van der Waals surface area contributed by atoms with Gasteiger partial charge in [-0.2, -0.15) is 0 Å². The normalized spacial score (nSPS) is 14.3. The zero-order valence-corrected chi connectivity index (χ0v) is 12.1. The second-order valence-corrected chi connectivity index (χ2v) is 6.25. The number of benzene rings is 1. The second-order valence-electron chi connectivity index (χ2n) is 5.28. The van der Waals surface area contributed by atoms with E-state index in [2.05, 4.69) is 41.0 Å². The molecule has 0 radical (unpaired) electrons. The van der Waals surface area contributed by atoms with Gasteiger partial charge >= 0.3 is 0 Å². The lowest BCUT2D eigenvalue weighted by Gasteiger charge is -2.13. The first-order chi connectivity index (χ1) is 9.43. The van der Waals surface area contributed by atoms with E-state index in [0.29, 0.717) is 0 Å². The number of fused-ring (bicyclic) bond motifs is 1. The van der Waals surface area contributed by atoms with Crippen LogP contribution in [0.4, 0.5) is 0 Å². The first-order valence-corrected chi connectivity index (χ1v) is 8.14. The first-order valence-electron chi connectivity index (χ1n) is 7.26. The van der Waals surface area contributed by atoms with Crippen molar-refractivity contribution in [2.45, 2.75) is 38.6 Å². The topological polar surface area (TPSA) is 12.0 Å². The lowest BCUT2D eigenvalue weighted by atomic mass is 9.95. The molecule has 0 spiro atoms. The summed E-state index contributed by atoms with van der Waals surface area (Å²) in [5, 5.41) is 5.94. The van der Waals surface area contributed by atoms with Gasteiger partial charge in [0.05, 0.1) is 0 Å². The van der Waals surface area contributed by atoms with Crippen molar-refractivity contribution in [1.82, 2.24) is 5.32 Å². The van der Waals surface area contributed by atoms with Crippen LogP contribution in [0.5, 0.6) is 0 Å². The summed E-state index contributed by atoms with van der Waals surface area (Å²) in [5.74, 6) is 0. The fourth-order valence-electron chi connectivity index (χ4n) is 2.82. The van der Waals surface area contributed by atoms with E-state index >= 15 is 0 Å². The molecule has 0 atom stereocenters. The van der Waals surface area contributed by atoms with Gasteiger partial charge in [0.25, 0.3) is 0 Å². The molecule has 1 aromatic heterocycles. The van der Waals surface area contributed by atoms with Crippen molar-refractivity contribution in [1.29, 1.82) is 0 Å². The predicted molar refractivity (Wildman–Crippen MR) is 82.8 cm³/mol. The van der Waals surface area contributed by atoms with E-state index in [9.17, 15) is 0 Å². The Kier molecular flexibility index (Phi) is 4.31. The average molecular weight is 271 g/mol. The van der Waals surface area contributed by atoms with E-state index in [-0.39, 0.29) is 0 Å². The van der Waals surface area contributed by atoms with Gasteiger partial charge in [0.15, 0.2) is 0 Å². The Morgan fingerprint density at radius 1 is 1.05 bits per heavy atom. The van der Waals surface area contributed by atoms with Gasteiger partial charge in [0.2, 0.25) is 0 Å². The minimum atomic E-state index is 0.979. The summed E-state index contributed by atoms with van der Waals surface area (Å²) in [4.78, 5) is 1.66. The standard InChI is InChI=1S/C17H21NS/c1-2-6-14(7-3-1)12-18-11-10-15-13-19-17-9-5-4-8-16(15)17/h1-3,6-7,13,18H,4-5,8-12H2. The molecule has 0 unspecified atom stereocenters. The highest BCUT2D eigenvalue weighted by atomic mass is 32.1. The van der Waals surface area contributed by atoms with E-state index in [1.165, 1.54) is 37.7 Å². The highest BCUT2D eigenvalue weighted by molar-refractivity contribution is 7.10. The van der Waals surface area contributed by atoms with Crippen LogP contribution in [0.3, 0.4) is 0 Å². The summed E-state index contributed by atoms with van der Waals surface area (Å²) in [5.41, 5.74) is 4.65. The number of thiophene rings is 1. The first kappa shape index (κ1) is 12.9. The van der Waals surface area contributed by atoms with Crippen LogP contribution < -0.4 is 5.32 Å². The van der Waals surface area contributed by atoms with Gasteiger partial charge in [-0.1, -0.05) is 30.3 Å². The van der Waals surface area contributed by atoms with Gasteiger partial charge in [-0.3, -0.25) is 0 Å². The number of hydrogen-bond acceptors (Lipinski definition) is 2. The molecule has 2 aromatic rings. The lowest BCUT2D eigenvalue weighted by Crippen LogP contribution is -2.17. The monoisotopic (exact) mass is 271 g/mol. The third kappa shape index (κ3) is 3.26. The molecule has 0 fully saturated rings. The van der Waals surface area contributed by atoms with Crippen molar-refractivity contribution >= 4 is 11.3 Å². The molecule has 0 saturated heterocycles. The average Bonchev–Trinajstić information content (AvgIpc) is 2.88. The summed E-state index contributed by atoms with van der Waals surface area (Å²) >= 11 is 1.98. The van der Waals surface area contributed by atoms with Crippen molar-refractivity contribution in [3.63, 3.8) is 0 Å². The molecule has 19 heavy (non-hydrogen) atoms. The zero-order chi connectivity index (χ0) is 12.9. The van der Waals surface area contributed by atoms with Gasteiger partial charge in [0.1, 0.15) is 0 Å². The fourth-order valence-corrected chi connectivity index (χ4v) is 4.00. The van der Waals surface area contributed by atoms with Gasteiger partial charge in [-0.05, 0) is 60.7 Å². The van der Waals surface area contributed by atoms with Crippen molar-refractivity contribution in [2.24, 2.45) is 0 Å². The molecular formula is C17H21NS. The third-order valence-corrected chi connectivity index (χ3v) is 5.03. The van der Waals surface area contributed by atoms with Crippen molar-refractivity contribution in [3.05, 3.63) is 57.3 Å². The number of hydrogen-bond donors (Lipinski definition) is 1. The molecule has 1 aromatic carbocycles. The van der Waals surface area contributed by atoms with Crippen LogP contribution in [0.1, 0.15) is 34.4 Å². The van der Waals surface area contributed by atoms with E-state index in [1.54, 1.807) is 16.0 Å². The van der Waals surface area contributed by atoms with Crippen LogP contribution in [0.15, 0.2) is 35.7 Å². The minimum Gasteiger partial charge on any atom is -0.312 e. The summed E-state index contributed by atoms with van der Waals surface area (Å²) in [7, 11) is 0. The Labute approximate surface area is 119 Å². The van der Waals surface area contributed by atoms with Gasteiger partial charge in [0, 0.05) is 11.4 Å². The molecule has 1 nitrogen and oxygen atoms in total. The highest BCUT2D eigenvalue weighted by Gasteiger charge is 2.14. The molecule has 1 aliphatic rings. The number of nitrogens with one attached hydrogen (secondary N) is 1. The van der Waals surface area contributed by atoms with E-state index in [1.807, 2.05) is 11.3 Å². The Morgan fingerprint density at radius 2 is 1.89 bits per heavy atom. The predicted octanol–water partition coefficient (Wildman–Crippen LogP) is 3.96. The van der Waals surface area contributed by atoms with Crippen molar-refractivity contribution < 1.29 is 0 Å². The lowest BCUT2D eigenvalue weighted by molar-refractivity contribution is 0.666. The third-order valence-electron chi connectivity index (χ3n) is 3.89. The molecule has 3 rings (SSSR count). The van der Waals surface area contributed by atoms with Crippen LogP contribution in [0, 0.1) is 0 Å². The van der Waals surface area contributed by atoms with Crippen LogP contribution in [-0.4, -0.2) is 6.54 Å². The molecular weight excluding hydrogens is 250 g/mol. The molecule has 0 saturated carbocycles.